The average molecular weight is 540 g/mol. The fraction of sp³-hybridized carbons (Fsp3) is 0.333. The van der Waals surface area contributed by atoms with Gasteiger partial charge in [0, 0.05) is 49.4 Å². The molecule has 1 unspecified atom stereocenters. The summed E-state index contributed by atoms with van der Waals surface area (Å²) in [5.74, 6) is -2.17. The molecule has 0 aliphatic rings. The fourth-order valence-corrected chi connectivity index (χ4v) is 3.23. The number of alkyl halides is 6. The van der Waals surface area contributed by atoms with Crippen LogP contribution in [0.1, 0.15) is 64.2 Å². The molecule has 1 atom stereocenters. The van der Waals surface area contributed by atoms with Gasteiger partial charge in [-0.1, -0.05) is 6.92 Å². The van der Waals surface area contributed by atoms with Crippen LogP contribution in [0.4, 0.5) is 26.3 Å². The van der Waals surface area contributed by atoms with Gasteiger partial charge in [-0.15, -0.1) is 0 Å². The first-order valence-corrected chi connectivity index (χ1v) is 11.1. The monoisotopic (exact) mass is 540 g/mol. The summed E-state index contributed by atoms with van der Waals surface area (Å²) in [6, 6.07) is 0.487. The van der Waals surface area contributed by atoms with E-state index in [9.17, 15) is 35.9 Å². The van der Waals surface area contributed by atoms with Gasteiger partial charge in [-0.25, -0.2) is 14.7 Å². The van der Waals surface area contributed by atoms with Crippen LogP contribution in [0.25, 0.3) is 5.82 Å². The number of benzene rings is 1. The molecule has 2 amide bonds. The molecule has 2 aromatic heterocycles. The van der Waals surface area contributed by atoms with Gasteiger partial charge in [-0.05, 0) is 32.0 Å². The second-order valence-corrected chi connectivity index (χ2v) is 8.62. The van der Waals surface area contributed by atoms with Crippen molar-refractivity contribution >= 4 is 18.0 Å². The van der Waals surface area contributed by atoms with Crippen LogP contribution in [0.3, 0.4) is 0 Å². The Balaban J connectivity index is 1.90. The lowest BCUT2D eigenvalue weighted by molar-refractivity contribution is -0.143. The molecule has 0 spiro atoms. The van der Waals surface area contributed by atoms with Crippen LogP contribution in [0.2, 0.25) is 0 Å². The lowest BCUT2D eigenvalue weighted by Gasteiger charge is -2.20. The van der Waals surface area contributed by atoms with Crippen LogP contribution in [0.5, 0.6) is 0 Å². The van der Waals surface area contributed by atoms with Gasteiger partial charge in [0.15, 0.2) is 5.82 Å². The molecule has 0 aliphatic carbocycles. The zero-order valence-electron chi connectivity index (χ0n) is 20.5. The Labute approximate surface area is 213 Å². The largest absolute Gasteiger partial charge is 0.416 e. The summed E-state index contributed by atoms with van der Waals surface area (Å²) < 4.78 is 80.0. The molecule has 0 aliphatic heterocycles. The highest BCUT2D eigenvalue weighted by Gasteiger charge is 2.37. The molecule has 0 saturated carbocycles. The highest BCUT2D eigenvalue weighted by molar-refractivity contribution is 6.00. The summed E-state index contributed by atoms with van der Waals surface area (Å²) in [6.07, 6.45) is -3.69. The van der Waals surface area contributed by atoms with E-state index in [0.717, 1.165) is 6.21 Å². The minimum absolute atomic E-state index is 0.0595. The van der Waals surface area contributed by atoms with E-state index in [4.69, 9.17) is 0 Å². The zero-order valence-corrected chi connectivity index (χ0v) is 20.5. The standard InChI is InChI=1S/C24H22F6N6O2/c1-13(2)35(4)22(38)16-11-34-36(12-16)20-19(31-5-6-32-20)14(3)10-33-21(37)15-7-17(23(25,26)27)9-18(8-15)24(28,29)30/h5-14H,1-4H3. The van der Waals surface area contributed by atoms with Gasteiger partial charge in [0.1, 0.15) is 0 Å². The van der Waals surface area contributed by atoms with Crippen molar-refractivity contribution in [2.45, 2.75) is 45.1 Å². The van der Waals surface area contributed by atoms with Gasteiger partial charge in [-0.2, -0.15) is 31.4 Å². The van der Waals surface area contributed by atoms with Crippen molar-refractivity contribution in [3.63, 3.8) is 0 Å². The SMILES string of the molecule is CC(C=NC(=O)c1cc(C(F)(F)F)cc(C(F)(F)F)c1)c1nccnc1-n1cc(C(=O)N(C)C(C)C)cn1. The number of nitrogens with zero attached hydrogens (tertiary/aromatic N) is 6. The summed E-state index contributed by atoms with van der Waals surface area (Å²) in [4.78, 5) is 38.5. The van der Waals surface area contributed by atoms with Gasteiger partial charge in [0.2, 0.25) is 0 Å². The van der Waals surface area contributed by atoms with Crippen LogP contribution in [0.15, 0.2) is 48.0 Å². The van der Waals surface area contributed by atoms with Crippen molar-refractivity contribution in [2.75, 3.05) is 7.05 Å². The first-order valence-electron chi connectivity index (χ1n) is 11.1. The van der Waals surface area contributed by atoms with Gasteiger partial charge < -0.3 is 4.90 Å². The smallest absolute Gasteiger partial charge is 0.339 e. The van der Waals surface area contributed by atoms with E-state index in [2.05, 4.69) is 20.1 Å². The highest BCUT2D eigenvalue weighted by Crippen LogP contribution is 2.36. The number of carbonyl (C=O) groups excluding carboxylic acids is 2. The molecule has 3 rings (SSSR count). The summed E-state index contributed by atoms with van der Waals surface area (Å²) in [6.45, 7) is 5.23. The number of aromatic nitrogens is 4. The molecule has 0 saturated heterocycles. The molecule has 3 aromatic rings. The maximum atomic E-state index is 13.1. The number of hydrogen-bond donors (Lipinski definition) is 0. The van der Waals surface area contributed by atoms with E-state index in [1.54, 1.807) is 14.0 Å². The predicted octanol–water partition coefficient (Wildman–Crippen LogP) is 5.20. The second kappa shape index (κ2) is 10.7. The van der Waals surface area contributed by atoms with Crippen LogP contribution in [0, 0.1) is 0 Å². The summed E-state index contributed by atoms with van der Waals surface area (Å²) in [5, 5.41) is 4.14. The number of hydrogen-bond acceptors (Lipinski definition) is 5. The highest BCUT2D eigenvalue weighted by atomic mass is 19.4. The minimum Gasteiger partial charge on any atom is -0.339 e. The number of amides is 2. The van der Waals surface area contributed by atoms with Crippen LogP contribution in [-0.4, -0.2) is 55.8 Å². The van der Waals surface area contributed by atoms with Crippen LogP contribution >= 0.6 is 0 Å². The van der Waals surface area contributed by atoms with E-state index in [0.29, 0.717) is 12.1 Å². The van der Waals surface area contributed by atoms with Crippen molar-refractivity contribution < 1.29 is 35.9 Å². The van der Waals surface area contributed by atoms with Gasteiger partial charge in [0.05, 0.1) is 28.6 Å². The maximum absolute atomic E-state index is 13.1. The summed E-state index contributed by atoms with van der Waals surface area (Å²) in [5.41, 5.74) is -3.60. The Kier molecular flexibility index (Phi) is 8.03. The lowest BCUT2D eigenvalue weighted by Crippen LogP contribution is -2.32. The number of carbonyl (C=O) groups is 2. The molecule has 14 heteroatoms. The number of halogens is 6. The summed E-state index contributed by atoms with van der Waals surface area (Å²) in [7, 11) is 1.63. The Morgan fingerprint density at radius 3 is 2.08 bits per heavy atom. The second-order valence-electron chi connectivity index (χ2n) is 8.62. The molecule has 202 valence electrons. The van der Waals surface area contributed by atoms with E-state index in [1.807, 2.05) is 13.8 Å². The van der Waals surface area contributed by atoms with E-state index >= 15 is 0 Å². The topological polar surface area (TPSA) is 93.3 Å². The van der Waals surface area contributed by atoms with Crippen molar-refractivity contribution in [2.24, 2.45) is 4.99 Å². The molecule has 0 fully saturated rings. The van der Waals surface area contributed by atoms with Gasteiger partial charge in [0.25, 0.3) is 11.8 Å². The first-order chi connectivity index (χ1) is 17.6. The van der Waals surface area contributed by atoms with Crippen LogP contribution < -0.4 is 0 Å². The first kappa shape index (κ1) is 28.5. The number of rotatable bonds is 6. The van der Waals surface area contributed by atoms with E-state index in [-0.39, 0.29) is 35.1 Å². The van der Waals surface area contributed by atoms with Crippen molar-refractivity contribution in [3.8, 4) is 5.82 Å². The lowest BCUT2D eigenvalue weighted by atomic mass is 10.0. The zero-order chi connectivity index (χ0) is 28.4. The van der Waals surface area contributed by atoms with Crippen LogP contribution in [-0.2, 0) is 12.4 Å². The maximum Gasteiger partial charge on any atom is 0.416 e. The fourth-order valence-electron chi connectivity index (χ4n) is 3.23. The van der Waals surface area contributed by atoms with Crippen molar-refractivity contribution in [1.29, 1.82) is 0 Å². The Morgan fingerprint density at radius 1 is 0.947 bits per heavy atom. The summed E-state index contributed by atoms with van der Waals surface area (Å²) >= 11 is 0. The van der Waals surface area contributed by atoms with E-state index in [1.165, 1.54) is 34.4 Å². The molecule has 0 bridgehead atoms. The Bertz CT molecular complexity index is 1330. The van der Waals surface area contributed by atoms with Gasteiger partial charge >= 0.3 is 12.4 Å². The molecular weight excluding hydrogens is 518 g/mol. The predicted molar refractivity (Wildman–Crippen MR) is 124 cm³/mol. The normalized spacial score (nSPS) is 13.2. The molecule has 2 heterocycles. The third-order valence-electron chi connectivity index (χ3n) is 5.53. The Morgan fingerprint density at radius 2 is 1.53 bits per heavy atom. The molecule has 0 radical (unpaired) electrons. The Hall–Kier alpha value is -4.10. The van der Waals surface area contributed by atoms with Crippen molar-refractivity contribution in [1.82, 2.24) is 24.6 Å². The minimum atomic E-state index is -5.10. The molecule has 0 N–H and O–H groups in total. The molecule has 8 nitrogen and oxygen atoms in total. The van der Waals surface area contributed by atoms with E-state index < -0.39 is 40.9 Å². The van der Waals surface area contributed by atoms with Gasteiger partial charge in [-0.3, -0.25) is 14.6 Å². The quantitative estimate of drug-likeness (QED) is 0.317. The molecule has 1 aromatic carbocycles. The average Bonchev–Trinajstić information content (AvgIpc) is 3.35. The molecular formula is C24H22F6N6O2. The third kappa shape index (κ3) is 6.42. The third-order valence-corrected chi connectivity index (χ3v) is 5.53. The number of aliphatic imine (C=N–C) groups is 1. The van der Waals surface area contributed by atoms with Crippen molar-refractivity contribution in [3.05, 3.63) is 70.9 Å². The molecule has 38 heavy (non-hydrogen) atoms.